The van der Waals surface area contributed by atoms with Gasteiger partial charge in [0.1, 0.15) is 11.5 Å². The van der Waals surface area contributed by atoms with Gasteiger partial charge < -0.3 is 20.5 Å². The number of ether oxygens (including phenoxy) is 2. The topological polar surface area (TPSA) is 117 Å². The van der Waals surface area contributed by atoms with Crippen LogP contribution in [0.4, 0.5) is 17.5 Å². The molecule has 0 atom stereocenters. The summed E-state index contributed by atoms with van der Waals surface area (Å²) >= 11 is 0. The minimum atomic E-state index is 0.149. The van der Waals surface area contributed by atoms with Crippen molar-refractivity contribution in [3.63, 3.8) is 0 Å². The van der Waals surface area contributed by atoms with Crippen molar-refractivity contribution in [2.45, 2.75) is 6.54 Å². The number of hydrogen-bond acceptors (Lipinski definition) is 8. The highest BCUT2D eigenvalue weighted by atomic mass is 16.5. The average Bonchev–Trinajstić information content (AvgIpc) is 3.52. The molecule has 6 rings (SSSR count). The van der Waals surface area contributed by atoms with E-state index in [1.165, 1.54) is 5.56 Å². The van der Waals surface area contributed by atoms with Gasteiger partial charge in [-0.25, -0.2) is 9.50 Å². The van der Waals surface area contributed by atoms with E-state index in [9.17, 15) is 0 Å². The zero-order valence-electron chi connectivity index (χ0n) is 20.3. The molecule has 10 nitrogen and oxygen atoms in total. The lowest BCUT2D eigenvalue weighted by Gasteiger charge is -2.12. The fourth-order valence-corrected chi connectivity index (χ4v) is 4.30. The third-order valence-electron chi connectivity index (χ3n) is 6.11. The Kier molecular flexibility index (Phi) is 5.53. The summed E-state index contributed by atoms with van der Waals surface area (Å²) in [6, 6.07) is 21.9. The molecule has 0 fully saturated rings. The first-order valence-electron chi connectivity index (χ1n) is 11.6. The van der Waals surface area contributed by atoms with E-state index in [0.29, 0.717) is 29.5 Å². The minimum Gasteiger partial charge on any atom is -0.497 e. The smallest absolute Gasteiger partial charge is 0.240 e. The Morgan fingerprint density at radius 1 is 0.919 bits per heavy atom. The molecule has 37 heavy (non-hydrogen) atoms. The Morgan fingerprint density at radius 2 is 1.70 bits per heavy atom. The third kappa shape index (κ3) is 4.25. The third-order valence-corrected chi connectivity index (χ3v) is 6.11. The Hall–Kier alpha value is -5.12. The molecular formula is C27H24N8O2. The lowest BCUT2D eigenvalue weighted by atomic mass is 10.1. The average molecular weight is 493 g/mol. The van der Waals surface area contributed by atoms with E-state index in [4.69, 9.17) is 15.2 Å². The highest BCUT2D eigenvalue weighted by Crippen LogP contribution is 2.31. The molecular weight excluding hydrogens is 468 g/mol. The Balaban J connectivity index is 1.40. The van der Waals surface area contributed by atoms with Crippen LogP contribution in [0.1, 0.15) is 5.56 Å². The van der Waals surface area contributed by atoms with Gasteiger partial charge in [-0.3, -0.25) is 4.68 Å². The minimum absolute atomic E-state index is 0.149. The van der Waals surface area contributed by atoms with E-state index in [0.717, 1.165) is 27.8 Å². The maximum Gasteiger partial charge on any atom is 0.240 e. The van der Waals surface area contributed by atoms with Gasteiger partial charge in [0.15, 0.2) is 5.82 Å². The van der Waals surface area contributed by atoms with Crippen molar-refractivity contribution >= 4 is 34.0 Å². The zero-order chi connectivity index (χ0) is 25.4. The van der Waals surface area contributed by atoms with E-state index < -0.39 is 0 Å². The zero-order valence-corrected chi connectivity index (χ0v) is 20.3. The number of hydrogen-bond donors (Lipinski definition) is 2. The van der Waals surface area contributed by atoms with Crippen molar-refractivity contribution in [2.75, 3.05) is 25.3 Å². The highest BCUT2D eigenvalue weighted by molar-refractivity contribution is 5.85. The van der Waals surface area contributed by atoms with Gasteiger partial charge in [-0.2, -0.15) is 10.1 Å². The number of aromatic nitrogens is 6. The highest BCUT2D eigenvalue weighted by Gasteiger charge is 2.16. The quantitative estimate of drug-likeness (QED) is 0.334. The number of nitrogen functional groups attached to an aromatic ring is 1. The first kappa shape index (κ1) is 22.4. The maximum atomic E-state index is 6.02. The van der Waals surface area contributed by atoms with E-state index >= 15 is 0 Å². The number of rotatable bonds is 7. The summed E-state index contributed by atoms with van der Waals surface area (Å²) in [7, 11) is 3.21. The molecule has 10 heteroatoms. The molecule has 3 N–H and O–H groups in total. The molecule has 0 aliphatic carbocycles. The summed E-state index contributed by atoms with van der Waals surface area (Å²) in [5.74, 6) is 1.95. The summed E-state index contributed by atoms with van der Waals surface area (Å²) in [6.07, 6.45) is 3.62. The maximum absolute atomic E-state index is 6.02. The van der Waals surface area contributed by atoms with Crippen molar-refractivity contribution < 1.29 is 9.47 Å². The molecule has 0 saturated carbocycles. The Bertz CT molecular complexity index is 1700. The normalized spacial score (nSPS) is 11.2. The summed E-state index contributed by atoms with van der Waals surface area (Å²) in [5, 5.41) is 13.4. The van der Waals surface area contributed by atoms with Crippen LogP contribution in [0.5, 0.6) is 11.5 Å². The molecule has 184 valence electrons. The Morgan fingerprint density at radius 3 is 2.46 bits per heavy atom. The van der Waals surface area contributed by atoms with Gasteiger partial charge in [-0.05, 0) is 11.6 Å². The summed E-state index contributed by atoms with van der Waals surface area (Å²) in [6.45, 7) is 0.671. The largest absolute Gasteiger partial charge is 0.497 e. The Labute approximate surface area is 212 Å². The van der Waals surface area contributed by atoms with Crippen LogP contribution in [0.2, 0.25) is 0 Å². The van der Waals surface area contributed by atoms with E-state index in [2.05, 4.69) is 43.7 Å². The molecule has 0 amide bonds. The monoisotopic (exact) mass is 492 g/mol. The number of nitrogens with zero attached hydrogens (tertiary/aromatic N) is 6. The van der Waals surface area contributed by atoms with Crippen LogP contribution in [0.25, 0.3) is 27.8 Å². The predicted molar refractivity (Wildman–Crippen MR) is 142 cm³/mol. The van der Waals surface area contributed by atoms with Crippen molar-refractivity contribution in [2.24, 2.45) is 0 Å². The second kappa shape index (κ2) is 9.15. The lowest BCUT2D eigenvalue weighted by molar-refractivity contribution is 0.395. The second-order valence-corrected chi connectivity index (χ2v) is 8.49. The number of benzene rings is 3. The second-order valence-electron chi connectivity index (χ2n) is 8.49. The van der Waals surface area contributed by atoms with Crippen molar-refractivity contribution in [3.8, 4) is 22.8 Å². The molecule has 3 heterocycles. The van der Waals surface area contributed by atoms with Crippen molar-refractivity contribution in [1.82, 2.24) is 29.4 Å². The van der Waals surface area contributed by atoms with E-state index in [1.54, 1.807) is 31.0 Å². The van der Waals surface area contributed by atoms with E-state index in [1.807, 2.05) is 53.3 Å². The van der Waals surface area contributed by atoms with Gasteiger partial charge in [-0.1, -0.05) is 42.5 Å². The predicted octanol–water partition coefficient (Wildman–Crippen LogP) is 4.53. The SMILES string of the molecule is COc1cc(Nc2ncc(-c3ccc4cnn(Cc5ccccc5)c4c3)n3nc(N)nc23)cc(OC)c1. The van der Waals surface area contributed by atoms with Crippen LogP contribution in [-0.4, -0.2) is 43.6 Å². The van der Waals surface area contributed by atoms with Crippen LogP contribution < -0.4 is 20.5 Å². The first-order valence-corrected chi connectivity index (χ1v) is 11.6. The fraction of sp³-hybridized carbons (Fsp3) is 0.111. The van der Waals surface area contributed by atoms with Crippen molar-refractivity contribution in [3.05, 3.63) is 84.7 Å². The number of anilines is 3. The summed E-state index contributed by atoms with van der Waals surface area (Å²) < 4.78 is 14.4. The number of methoxy groups -OCH3 is 2. The van der Waals surface area contributed by atoms with Gasteiger partial charge in [-0.15, -0.1) is 5.10 Å². The van der Waals surface area contributed by atoms with Crippen LogP contribution >= 0.6 is 0 Å². The molecule has 6 aromatic rings. The van der Waals surface area contributed by atoms with Crippen LogP contribution in [0.3, 0.4) is 0 Å². The molecule has 0 spiro atoms. The standard InChI is InChI=1S/C27H24N8O2/c1-36-21-11-20(12-22(13-21)37-2)31-25-26-32-27(28)33-35(26)24(15-29-25)18-8-9-19-14-30-34(23(19)10-18)16-17-6-4-3-5-7-17/h3-15H,16H2,1-2H3,(H2,28,33)(H,29,31). The van der Waals surface area contributed by atoms with Gasteiger partial charge >= 0.3 is 0 Å². The molecule has 0 saturated heterocycles. The molecule has 0 aliphatic heterocycles. The molecule has 0 radical (unpaired) electrons. The van der Waals surface area contributed by atoms with Gasteiger partial charge in [0.25, 0.3) is 0 Å². The van der Waals surface area contributed by atoms with Crippen molar-refractivity contribution in [1.29, 1.82) is 0 Å². The van der Waals surface area contributed by atoms with Gasteiger partial charge in [0, 0.05) is 34.8 Å². The molecule has 0 unspecified atom stereocenters. The fourth-order valence-electron chi connectivity index (χ4n) is 4.30. The molecule has 0 aliphatic rings. The molecule has 3 aromatic carbocycles. The number of fused-ring (bicyclic) bond motifs is 2. The van der Waals surface area contributed by atoms with E-state index in [-0.39, 0.29) is 5.95 Å². The summed E-state index contributed by atoms with van der Waals surface area (Å²) in [5.41, 5.74) is 11.1. The molecule has 3 aromatic heterocycles. The van der Waals surface area contributed by atoms with Gasteiger partial charge in [0.2, 0.25) is 11.6 Å². The van der Waals surface area contributed by atoms with Crippen LogP contribution in [-0.2, 0) is 6.54 Å². The first-order chi connectivity index (χ1) is 18.1. The molecule has 0 bridgehead atoms. The van der Waals surface area contributed by atoms with Gasteiger partial charge in [0.05, 0.1) is 44.4 Å². The van der Waals surface area contributed by atoms with Crippen LogP contribution in [0.15, 0.2) is 79.1 Å². The summed E-state index contributed by atoms with van der Waals surface area (Å²) in [4.78, 5) is 9.10. The van der Waals surface area contributed by atoms with Crippen LogP contribution in [0, 0.1) is 0 Å². The lowest BCUT2D eigenvalue weighted by Crippen LogP contribution is -2.03. The number of nitrogens with two attached hydrogens (primary N) is 1. The number of nitrogens with one attached hydrogen (secondary N) is 1.